The summed E-state index contributed by atoms with van der Waals surface area (Å²) in [5.41, 5.74) is 0. The highest BCUT2D eigenvalue weighted by atomic mass is 35.5. The minimum atomic E-state index is -0.388. The number of aliphatic hydroxyl groups excluding tert-OH is 1. The van der Waals surface area contributed by atoms with Gasteiger partial charge in [0.05, 0.1) is 24.3 Å². The van der Waals surface area contributed by atoms with Gasteiger partial charge >= 0.3 is 0 Å². The molecule has 0 radical (unpaired) electrons. The van der Waals surface area contributed by atoms with Crippen molar-refractivity contribution < 1.29 is 9.84 Å². The first kappa shape index (κ1) is 8.51. The molecule has 0 aliphatic carbocycles. The van der Waals surface area contributed by atoms with Crippen LogP contribution in [-0.2, 0) is 4.74 Å². The van der Waals surface area contributed by atoms with Crippen molar-refractivity contribution in [3.63, 3.8) is 0 Å². The van der Waals surface area contributed by atoms with Crippen molar-refractivity contribution in [2.75, 3.05) is 13.2 Å². The van der Waals surface area contributed by atoms with E-state index in [-0.39, 0.29) is 12.0 Å². The predicted octanol–water partition coefficient (Wildman–Crippen LogP) is 1.88. The zero-order valence-corrected chi connectivity index (χ0v) is 7.94. The zero-order chi connectivity index (χ0) is 8.55. The van der Waals surface area contributed by atoms with Crippen molar-refractivity contribution in [3.05, 3.63) is 21.3 Å². The van der Waals surface area contributed by atoms with E-state index < -0.39 is 0 Å². The Morgan fingerprint density at radius 1 is 1.58 bits per heavy atom. The van der Waals surface area contributed by atoms with Gasteiger partial charge in [0.25, 0.3) is 0 Å². The molecule has 2 heterocycles. The zero-order valence-electron chi connectivity index (χ0n) is 6.37. The maximum Gasteiger partial charge on any atom is 0.0872 e. The molecule has 0 aromatic carbocycles. The molecular weight excluding hydrogens is 196 g/mol. The van der Waals surface area contributed by atoms with Crippen LogP contribution in [0.4, 0.5) is 0 Å². The Morgan fingerprint density at radius 3 is 2.92 bits per heavy atom. The van der Waals surface area contributed by atoms with Crippen molar-refractivity contribution >= 4 is 22.9 Å². The Kier molecular flexibility index (Phi) is 2.37. The highest BCUT2D eigenvalue weighted by Gasteiger charge is 2.29. The third kappa shape index (κ3) is 1.38. The average molecular weight is 205 g/mol. The summed E-state index contributed by atoms with van der Waals surface area (Å²) >= 11 is 7.51. The second-order valence-electron chi connectivity index (χ2n) is 2.84. The fourth-order valence-corrected chi connectivity index (χ4v) is 2.71. The van der Waals surface area contributed by atoms with Crippen molar-refractivity contribution in [3.8, 4) is 0 Å². The lowest BCUT2D eigenvalue weighted by Crippen LogP contribution is -2.14. The molecule has 1 saturated heterocycles. The van der Waals surface area contributed by atoms with Crippen LogP contribution in [0, 0.1) is 0 Å². The number of aliphatic hydroxyl groups is 1. The summed E-state index contributed by atoms with van der Waals surface area (Å²) in [5.74, 6) is 0.0810. The molecule has 66 valence electrons. The Morgan fingerprint density at radius 2 is 2.42 bits per heavy atom. The van der Waals surface area contributed by atoms with E-state index in [1.54, 1.807) is 11.3 Å². The third-order valence-corrected chi connectivity index (χ3v) is 3.52. The standard InChI is InChI=1S/C8H9ClO2S/c9-6-1-2-12-8(6)5-3-11-4-7(5)10/h1-2,5,7,10H,3-4H2. The number of thiophene rings is 1. The second-order valence-corrected chi connectivity index (χ2v) is 4.20. The van der Waals surface area contributed by atoms with Crippen LogP contribution in [0.5, 0.6) is 0 Å². The minimum Gasteiger partial charge on any atom is -0.390 e. The average Bonchev–Trinajstić information content (AvgIpc) is 2.59. The normalized spacial score (nSPS) is 29.5. The van der Waals surface area contributed by atoms with Gasteiger partial charge in [-0.1, -0.05) is 11.6 Å². The molecule has 4 heteroatoms. The second kappa shape index (κ2) is 3.34. The fraction of sp³-hybridized carbons (Fsp3) is 0.500. The molecule has 0 amide bonds. The maximum absolute atomic E-state index is 9.51. The Labute approximate surface area is 79.7 Å². The van der Waals surface area contributed by atoms with Gasteiger partial charge in [-0.15, -0.1) is 11.3 Å². The van der Waals surface area contributed by atoms with E-state index in [0.717, 1.165) is 9.90 Å². The molecule has 0 saturated carbocycles. The van der Waals surface area contributed by atoms with Crippen LogP contribution in [0.1, 0.15) is 10.8 Å². The molecule has 1 aliphatic heterocycles. The monoisotopic (exact) mass is 204 g/mol. The molecule has 12 heavy (non-hydrogen) atoms. The molecular formula is C8H9ClO2S. The van der Waals surface area contributed by atoms with E-state index in [1.807, 2.05) is 11.4 Å². The van der Waals surface area contributed by atoms with Gasteiger partial charge in [0.15, 0.2) is 0 Å². The van der Waals surface area contributed by atoms with Crippen molar-refractivity contribution in [2.24, 2.45) is 0 Å². The lowest BCUT2D eigenvalue weighted by molar-refractivity contribution is 0.125. The van der Waals surface area contributed by atoms with Crippen LogP contribution in [0.3, 0.4) is 0 Å². The van der Waals surface area contributed by atoms with Gasteiger partial charge in [-0.05, 0) is 11.4 Å². The molecule has 0 spiro atoms. The summed E-state index contributed by atoms with van der Waals surface area (Å²) in [6, 6.07) is 1.85. The van der Waals surface area contributed by atoms with Gasteiger partial charge in [-0.3, -0.25) is 0 Å². The molecule has 2 rings (SSSR count). The lowest BCUT2D eigenvalue weighted by Gasteiger charge is -2.09. The van der Waals surface area contributed by atoms with Gasteiger partial charge in [0, 0.05) is 10.8 Å². The van der Waals surface area contributed by atoms with E-state index >= 15 is 0 Å². The summed E-state index contributed by atoms with van der Waals surface area (Å²) in [6.07, 6.45) is -0.388. The van der Waals surface area contributed by atoms with Crippen LogP contribution >= 0.6 is 22.9 Å². The van der Waals surface area contributed by atoms with Gasteiger partial charge < -0.3 is 9.84 Å². The van der Waals surface area contributed by atoms with E-state index in [9.17, 15) is 5.11 Å². The van der Waals surface area contributed by atoms with Crippen molar-refractivity contribution in [2.45, 2.75) is 12.0 Å². The van der Waals surface area contributed by atoms with Gasteiger partial charge in [-0.2, -0.15) is 0 Å². The third-order valence-electron chi connectivity index (χ3n) is 2.03. The van der Waals surface area contributed by atoms with Gasteiger partial charge in [0.1, 0.15) is 0 Å². The molecule has 1 aromatic rings. The Balaban J connectivity index is 2.24. The molecule has 0 bridgehead atoms. The number of ether oxygens (including phenoxy) is 1. The number of halogens is 1. The first-order valence-corrected chi connectivity index (χ1v) is 5.03. The summed E-state index contributed by atoms with van der Waals surface area (Å²) in [6.45, 7) is 1.01. The molecule has 1 aromatic heterocycles. The van der Waals surface area contributed by atoms with Gasteiger partial charge in [-0.25, -0.2) is 0 Å². The number of rotatable bonds is 1. The fourth-order valence-electron chi connectivity index (χ4n) is 1.36. The summed E-state index contributed by atoms with van der Waals surface area (Å²) in [7, 11) is 0. The van der Waals surface area contributed by atoms with Crippen molar-refractivity contribution in [1.29, 1.82) is 0 Å². The summed E-state index contributed by atoms with van der Waals surface area (Å²) < 4.78 is 5.15. The summed E-state index contributed by atoms with van der Waals surface area (Å²) in [5, 5.41) is 12.2. The quantitative estimate of drug-likeness (QED) is 0.757. The van der Waals surface area contributed by atoms with Crippen LogP contribution in [0.25, 0.3) is 0 Å². The smallest absolute Gasteiger partial charge is 0.0872 e. The van der Waals surface area contributed by atoms with Crippen LogP contribution in [-0.4, -0.2) is 24.4 Å². The molecule has 1 aliphatic rings. The van der Waals surface area contributed by atoms with E-state index in [1.165, 1.54) is 0 Å². The molecule has 2 unspecified atom stereocenters. The van der Waals surface area contributed by atoms with Gasteiger partial charge in [0.2, 0.25) is 0 Å². The summed E-state index contributed by atoms with van der Waals surface area (Å²) in [4.78, 5) is 1.04. The first-order valence-electron chi connectivity index (χ1n) is 3.77. The van der Waals surface area contributed by atoms with E-state index in [0.29, 0.717) is 13.2 Å². The number of hydrogen-bond acceptors (Lipinski definition) is 3. The lowest BCUT2D eigenvalue weighted by atomic mass is 10.1. The van der Waals surface area contributed by atoms with E-state index in [2.05, 4.69) is 0 Å². The van der Waals surface area contributed by atoms with Crippen molar-refractivity contribution in [1.82, 2.24) is 0 Å². The van der Waals surface area contributed by atoms with Crippen LogP contribution in [0.15, 0.2) is 11.4 Å². The Bertz CT molecular complexity index is 274. The topological polar surface area (TPSA) is 29.5 Å². The number of hydrogen-bond donors (Lipinski definition) is 1. The maximum atomic E-state index is 9.51. The van der Waals surface area contributed by atoms with Crippen LogP contribution < -0.4 is 0 Å². The van der Waals surface area contributed by atoms with E-state index in [4.69, 9.17) is 16.3 Å². The first-order chi connectivity index (χ1) is 5.79. The minimum absolute atomic E-state index is 0.0810. The molecule has 1 fully saturated rings. The SMILES string of the molecule is OC1COCC1c1sccc1Cl. The Hall–Kier alpha value is -0.0900. The highest BCUT2D eigenvalue weighted by Crippen LogP contribution is 2.34. The highest BCUT2D eigenvalue weighted by molar-refractivity contribution is 7.10. The molecule has 2 nitrogen and oxygen atoms in total. The largest absolute Gasteiger partial charge is 0.390 e. The predicted molar refractivity (Wildman–Crippen MR) is 48.9 cm³/mol. The molecule has 1 N–H and O–H groups in total. The van der Waals surface area contributed by atoms with Crippen LogP contribution in [0.2, 0.25) is 5.02 Å². The molecule has 2 atom stereocenters.